The van der Waals surface area contributed by atoms with Gasteiger partial charge in [-0.15, -0.1) is 0 Å². The highest BCUT2D eigenvalue weighted by atomic mass is 16.5. The van der Waals surface area contributed by atoms with E-state index in [9.17, 15) is 0 Å². The molecule has 0 amide bonds. The molecule has 1 aromatic heterocycles. The predicted octanol–water partition coefficient (Wildman–Crippen LogP) is 3.05. The summed E-state index contributed by atoms with van der Waals surface area (Å²) in [6, 6.07) is 9.29. The van der Waals surface area contributed by atoms with Crippen LogP contribution in [0, 0.1) is 0 Å². The lowest BCUT2D eigenvalue weighted by molar-refractivity contribution is 0.253. The van der Waals surface area contributed by atoms with Crippen LogP contribution in [0.5, 0.6) is 0 Å². The minimum absolute atomic E-state index is 0.299. The number of nitrogens with zero attached hydrogens (tertiary/aromatic N) is 3. The lowest BCUT2D eigenvalue weighted by atomic mass is 10.00. The molecule has 0 unspecified atom stereocenters. The minimum Gasteiger partial charge on any atom is -0.338 e. The van der Waals surface area contributed by atoms with Crippen LogP contribution in [0.1, 0.15) is 43.1 Å². The van der Waals surface area contributed by atoms with Crippen molar-refractivity contribution < 1.29 is 4.52 Å². The van der Waals surface area contributed by atoms with E-state index in [0.717, 1.165) is 44.8 Å². The molecule has 0 atom stereocenters. The van der Waals surface area contributed by atoms with E-state index < -0.39 is 0 Å². The Morgan fingerprint density at radius 2 is 2.09 bits per heavy atom. The topological polar surface area (TPSA) is 54.2 Å². The van der Waals surface area contributed by atoms with Gasteiger partial charge in [-0.05, 0) is 24.0 Å². The summed E-state index contributed by atoms with van der Waals surface area (Å²) < 4.78 is 5.18. The molecule has 22 heavy (non-hydrogen) atoms. The molecule has 118 valence electrons. The van der Waals surface area contributed by atoms with Crippen LogP contribution >= 0.6 is 0 Å². The summed E-state index contributed by atoms with van der Waals surface area (Å²) in [4.78, 5) is 6.83. The molecular weight excluding hydrogens is 276 g/mol. The van der Waals surface area contributed by atoms with Crippen LogP contribution < -0.4 is 5.32 Å². The van der Waals surface area contributed by atoms with Gasteiger partial charge < -0.3 is 9.84 Å². The van der Waals surface area contributed by atoms with Crippen molar-refractivity contribution in [1.29, 1.82) is 0 Å². The highest BCUT2D eigenvalue weighted by molar-refractivity contribution is 5.29. The average molecular weight is 300 g/mol. The zero-order valence-corrected chi connectivity index (χ0v) is 13.4. The van der Waals surface area contributed by atoms with Crippen LogP contribution in [0.2, 0.25) is 0 Å². The van der Waals surface area contributed by atoms with Gasteiger partial charge in [0.05, 0.1) is 0 Å². The Morgan fingerprint density at radius 3 is 2.86 bits per heavy atom. The van der Waals surface area contributed by atoms with Crippen LogP contribution in [0.25, 0.3) is 0 Å². The van der Waals surface area contributed by atoms with Crippen molar-refractivity contribution in [1.82, 2.24) is 15.0 Å². The first-order valence-electron chi connectivity index (χ1n) is 8.09. The number of hydrogen-bond acceptors (Lipinski definition) is 5. The van der Waals surface area contributed by atoms with E-state index in [4.69, 9.17) is 4.52 Å². The zero-order valence-electron chi connectivity index (χ0n) is 13.4. The molecule has 2 heterocycles. The van der Waals surface area contributed by atoms with Crippen LogP contribution in [0.4, 0.5) is 6.01 Å². The van der Waals surface area contributed by atoms with Crippen molar-refractivity contribution in [3.05, 3.63) is 41.2 Å². The monoisotopic (exact) mass is 300 g/mol. The quantitative estimate of drug-likeness (QED) is 0.831. The summed E-state index contributed by atoms with van der Waals surface area (Å²) in [5.41, 5.74) is 2.98. The number of nitrogens with one attached hydrogen (secondary N) is 1. The Morgan fingerprint density at radius 1 is 1.27 bits per heavy atom. The molecule has 1 aromatic carbocycles. The summed E-state index contributed by atoms with van der Waals surface area (Å²) >= 11 is 0. The number of fused-ring (bicyclic) bond motifs is 1. The standard InChI is InChI=1S/C17H24N4O/c1-13(2)16-19-17(22-20-16)18-9-5-10-21-11-8-14-6-3-4-7-15(14)12-21/h3-4,6-7,13H,5,8-12H2,1-2H3,(H,18,19,20). The van der Waals surface area contributed by atoms with Crippen LogP contribution in [-0.4, -0.2) is 34.7 Å². The maximum atomic E-state index is 5.18. The first-order valence-corrected chi connectivity index (χ1v) is 8.09. The van der Waals surface area contributed by atoms with E-state index in [0.29, 0.717) is 11.9 Å². The van der Waals surface area contributed by atoms with Crippen molar-refractivity contribution in [3.63, 3.8) is 0 Å². The third kappa shape index (κ3) is 3.65. The van der Waals surface area contributed by atoms with Gasteiger partial charge in [0.2, 0.25) is 0 Å². The van der Waals surface area contributed by atoms with Crippen molar-refractivity contribution in [2.45, 2.75) is 39.2 Å². The number of benzene rings is 1. The molecule has 1 aliphatic rings. The van der Waals surface area contributed by atoms with Crippen molar-refractivity contribution >= 4 is 6.01 Å². The molecule has 0 fully saturated rings. The molecule has 1 N–H and O–H groups in total. The summed E-state index contributed by atoms with van der Waals surface area (Å²) in [5.74, 6) is 1.06. The maximum absolute atomic E-state index is 5.18. The van der Waals surface area contributed by atoms with E-state index in [1.807, 2.05) is 0 Å². The molecule has 5 heteroatoms. The van der Waals surface area contributed by atoms with Gasteiger partial charge >= 0.3 is 6.01 Å². The number of anilines is 1. The lowest BCUT2D eigenvalue weighted by Gasteiger charge is -2.28. The molecule has 0 aliphatic carbocycles. The van der Waals surface area contributed by atoms with E-state index in [-0.39, 0.29) is 0 Å². The van der Waals surface area contributed by atoms with Crippen LogP contribution in [0.3, 0.4) is 0 Å². The first kappa shape index (κ1) is 15.0. The summed E-state index contributed by atoms with van der Waals surface area (Å²) in [6.45, 7) is 8.28. The molecule has 5 nitrogen and oxygen atoms in total. The molecule has 0 saturated heterocycles. The lowest BCUT2D eigenvalue weighted by Crippen LogP contribution is -2.32. The summed E-state index contributed by atoms with van der Waals surface area (Å²) in [5, 5.41) is 7.16. The molecule has 0 saturated carbocycles. The first-order chi connectivity index (χ1) is 10.7. The van der Waals surface area contributed by atoms with Gasteiger partial charge in [-0.2, -0.15) is 4.98 Å². The van der Waals surface area contributed by atoms with Gasteiger partial charge in [-0.1, -0.05) is 43.3 Å². The number of rotatable bonds is 6. The molecule has 0 radical (unpaired) electrons. The molecular formula is C17H24N4O. The SMILES string of the molecule is CC(C)c1noc(NCCCN2CCc3ccccc3C2)n1. The van der Waals surface area contributed by atoms with Gasteiger partial charge in [-0.25, -0.2) is 0 Å². The Kier molecular flexibility index (Phi) is 4.73. The zero-order chi connectivity index (χ0) is 15.4. The molecule has 0 spiro atoms. The fourth-order valence-corrected chi connectivity index (χ4v) is 2.78. The average Bonchev–Trinajstić information content (AvgIpc) is 3.00. The summed E-state index contributed by atoms with van der Waals surface area (Å²) in [6.07, 6.45) is 2.23. The van der Waals surface area contributed by atoms with Crippen molar-refractivity contribution in [2.75, 3.05) is 25.0 Å². The second-order valence-corrected chi connectivity index (χ2v) is 6.19. The molecule has 0 bridgehead atoms. The fourth-order valence-electron chi connectivity index (χ4n) is 2.78. The van der Waals surface area contributed by atoms with Crippen LogP contribution in [0.15, 0.2) is 28.8 Å². The van der Waals surface area contributed by atoms with Crippen LogP contribution in [-0.2, 0) is 13.0 Å². The van der Waals surface area contributed by atoms with E-state index >= 15 is 0 Å². The molecule has 1 aliphatic heterocycles. The number of aromatic nitrogens is 2. The Labute approximate surface area is 131 Å². The number of hydrogen-bond donors (Lipinski definition) is 1. The minimum atomic E-state index is 0.299. The Hall–Kier alpha value is -1.88. The largest absolute Gasteiger partial charge is 0.338 e. The van der Waals surface area contributed by atoms with Gasteiger partial charge in [0, 0.05) is 32.1 Å². The van der Waals surface area contributed by atoms with E-state index in [1.165, 1.54) is 11.1 Å². The highest BCUT2D eigenvalue weighted by Crippen LogP contribution is 2.18. The third-order valence-corrected chi connectivity index (χ3v) is 4.10. The third-order valence-electron chi connectivity index (χ3n) is 4.10. The Balaban J connectivity index is 1.40. The van der Waals surface area contributed by atoms with Gasteiger partial charge in [0.15, 0.2) is 5.82 Å². The predicted molar refractivity (Wildman–Crippen MR) is 86.9 cm³/mol. The maximum Gasteiger partial charge on any atom is 0.321 e. The second-order valence-electron chi connectivity index (χ2n) is 6.19. The smallest absolute Gasteiger partial charge is 0.321 e. The molecule has 2 aromatic rings. The normalized spacial score (nSPS) is 15.0. The van der Waals surface area contributed by atoms with Gasteiger partial charge in [0.1, 0.15) is 0 Å². The Bertz CT molecular complexity index is 608. The van der Waals surface area contributed by atoms with Crippen molar-refractivity contribution in [2.24, 2.45) is 0 Å². The fraction of sp³-hybridized carbons (Fsp3) is 0.529. The van der Waals surface area contributed by atoms with Gasteiger partial charge in [-0.3, -0.25) is 4.90 Å². The summed E-state index contributed by atoms with van der Waals surface area (Å²) in [7, 11) is 0. The van der Waals surface area contributed by atoms with E-state index in [1.54, 1.807) is 0 Å². The van der Waals surface area contributed by atoms with Crippen molar-refractivity contribution in [3.8, 4) is 0 Å². The van der Waals surface area contributed by atoms with Gasteiger partial charge in [0.25, 0.3) is 0 Å². The molecule has 3 rings (SSSR count). The second kappa shape index (κ2) is 6.92. The van der Waals surface area contributed by atoms with E-state index in [2.05, 4.69) is 58.5 Å². The highest BCUT2D eigenvalue weighted by Gasteiger charge is 2.15.